The number of carboxylic acids is 1. The van der Waals surface area contributed by atoms with Gasteiger partial charge in [-0.25, -0.2) is 0 Å². The van der Waals surface area contributed by atoms with Gasteiger partial charge in [-0.1, -0.05) is 30.3 Å². The van der Waals surface area contributed by atoms with Crippen molar-refractivity contribution in [2.24, 2.45) is 0 Å². The number of rotatable bonds is 5. The zero-order valence-corrected chi connectivity index (χ0v) is 11.2. The monoisotopic (exact) mass is 263 g/mol. The molecule has 0 saturated carbocycles. The van der Waals surface area contributed by atoms with E-state index in [1.54, 1.807) is 6.92 Å². The molecule has 0 bridgehead atoms. The van der Waals surface area contributed by atoms with Crippen molar-refractivity contribution in [2.45, 2.75) is 37.8 Å². The van der Waals surface area contributed by atoms with Crippen LogP contribution >= 0.6 is 0 Å². The maximum Gasteiger partial charge on any atom is 0.304 e. The summed E-state index contributed by atoms with van der Waals surface area (Å²) in [6.45, 7) is 3.13. The van der Waals surface area contributed by atoms with E-state index in [1.807, 2.05) is 30.3 Å². The highest BCUT2D eigenvalue weighted by molar-refractivity contribution is 5.67. The molecule has 1 aromatic rings. The van der Waals surface area contributed by atoms with Gasteiger partial charge in [-0.2, -0.15) is 0 Å². The highest BCUT2D eigenvalue weighted by Gasteiger charge is 2.33. The van der Waals surface area contributed by atoms with Gasteiger partial charge in [-0.05, 0) is 31.9 Å². The second kappa shape index (κ2) is 5.72. The van der Waals surface area contributed by atoms with Crippen LogP contribution in [-0.4, -0.2) is 40.2 Å². The van der Waals surface area contributed by atoms with E-state index in [1.165, 1.54) is 0 Å². The standard InChI is InChI=1S/C15H21NO3/c1-15(19,12-6-3-2-4-7-12)11-16-9-5-8-13(16)10-14(17)18/h2-4,6-7,13,19H,5,8-11H2,1H3,(H,17,18). The molecule has 1 aliphatic rings. The van der Waals surface area contributed by atoms with Gasteiger partial charge in [0.05, 0.1) is 12.0 Å². The van der Waals surface area contributed by atoms with E-state index in [9.17, 15) is 9.90 Å². The van der Waals surface area contributed by atoms with Gasteiger partial charge in [0.1, 0.15) is 0 Å². The minimum atomic E-state index is -0.942. The zero-order valence-electron chi connectivity index (χ0n) is 11.2. The molecular formula is C15H21NO3. The van der Waals surface area contributed by atoms with Crippen molar-refractivity contribution in [3.8, 4) is 0 Å². The van der Waals surface area contributed by atoms with Gasteiger partial charge in [0.15, 0.2) is 0 Å². The Balaban J connectivity index is 2.05. The Morgan fingerprint density at radius 3 is 2.74 bits per heavy atom. The van der Waals surface area contributed by atoms with Gasteiger partial charge in [0.25, 0.3) is 0 Å². The van der Waals surface area contributed by atoms with Crippen molar-refractivity contribution < 1.29 is 15.0 Å². The van der Waals surface area contributed by atoms with Crippen molar-refractivity contribution >= 4 is 5.97 Å². The molecule has 0 amide bonds. The Hall–Kier alpha value is -1.39. The maximum absolute atomic E-state index is 10.8. The molecule has 0 aliphatic carbocycles. The van der Waals surface area contributed by atoms with Crippen molar-refractivity contribution in [3.05, 3.63) is 35.9 Å². The molecule has 4 nitrogen and oxygen atoms in total. The summed E-state index contributed by atoms with van der Waals surface area (Å²) in [6, 6.07) is 9.59. The molecule has 1 heterocycles. The molecular weight excluding hydrogens is 242 g/mol. The molecule has 104 valence electrons. The lowest BCUT2D eigenvalue weighted by Gasteiger charge is -2.32. The van der Waals surface area contributed by atoms with Crippen LogP contribution in [0.25, 0.3) is 0 Å². The summed E-state index contributed by atoms with van der Waals surface area (Å²) in [7, 11) is 0. The average molecular weight is 263 g/mol. The van der Waals surface area contributed by atoms with Crippen LogP contribution in [-0.2, 0) is 10.4 Å². The fourth-order valence-electron chi connectivity index (χ4n) is 2.82. The first kappa shape index (κ1) is 14.0. The predicted octanol–water partition coefficient (Wildman–Crippen LogP) is 1.83. The van der Waals surface area contributed by atoms with E-state index in [4.69, 9.17) is 5.11 Å². The first-order valence-corrected chi connectivity index (χ1v) is 6.73. The number of hydrogen-bond donors (Lipinski definition) is 2. The Kier molecular flexibility index (Phi) is 4.22. The van der Waals surface area contributed by atoms with Gasteiger partial charge in [0, 0.05) is 12.6 Å². The van der Waals surface area contributed by atoms with Crippen molar-refractivity contribution in [3.63, 3.8) is 0 Å². The van der Waals surface area contributed by atoms with E-state index in [0.717, 1.165) is 24.9 Å². The van der Waals surface area contributed by atoms with Crippen LogP contribution in [0.3, 0.4) is 0 Å². The van der Waals surface area contributed by atoms with E-state index >= 15 is 0 Å². The molecule has 1 aliphatic heterocycles. The predicted molar refractivity (Wildman–Crippen MR) is 72.9 cm³/mol. The van der Waals surface area contributed by atoms with E-state index in [2.05, 4.69) is 4.90 Å². The summed E-state index contributed by atoms with van der Waals surface area (Å²) < 4.78 is 0. The molecule has 1 fully saturated rings. The molecule has 2 rings (SSSR count). The fraction of sp³-hybridized carbons (Fsp3) is 0.533. The van der Waals surface area contributed by atoms with Crippen molar-refractivity contribution in [2.75, 3.05) is 13.1 Å². The lowest BCUT2D eigenvalue weighted by Crippen LogP contribution is -2.42. The molecule has 2 atom stereocenters. The lowest BCUT2D eigenvalue weighted by molar-refractivity contribution is -0.138. The second-order valence-electron chi connectivity index (χ2n) is 5.50. The van der Waals surface area contributed by atoms with Crippen molar-refractivity contribution in [1.29, 1.82) is 0 Å². The smallest absolute Gasteiger partial charge is 0.304 e. The normalized spacial score (nSPS) is 23.2. The van der Waals surface area contributed by atoms with Gasteiger partial charge in [0.2, 0.25) is 0 Å². The number of β-amino-alcohol motifs (C(OH)–C–C–N with tert-alkyl or cyclic N) is 1. The minimum Gasteiger partial charge on any atom is -0.481 e. The van der Waals surface area contributed by atoms with E-state index < -0.39 is 11.6 Å². The van der Waals surface area contributed by atoms with Crippen LogP contribution in [0.1, 0.15) is 31.7 Å². The van der Waals surface area contributed by atoms with Gasteiger partial charge in [-0.3, -0.25) is 9.69 Å². The van der Waals surface area contributed by atoms with Crippen LogP contribution in [0.5, 0.6) is 0 Å². The number of likely N-dealkylation sites (tertiary alicyclic amines) is 1. The second-order valence-corrected chi connectivity index (χ2v) is 5.50. The lowest BCUT2D eigenvalue weighted by atomic mass is 9.95. The number of carbonyl (C=O) groups is 1. The maximum atomic E-state index is 10.8. The molecule has 0 aromatic heterocycles. The number of nitrogens with zero attached hydrogens (tertiary/aromatic N) is 1. The summed E-state index contributed by atoms with van der Waals surface area (Å²) in [5.41, 5.74) is -0.0708. The molecule has 0 spiro atoms. The highest BCUT2D eigenvalue weighted by Crippen LogP contribution is 2.27. The van der Waals surface area contributed by atoms with Gasteiger partial charge in [-0.15, -0.1) is 0 Å². The van der Waals surface area contributed by atoms with Gasteiger partial charge < -0.3 is 10.2 Å². The summed E-state index contributed by atoms with van der Waals surface area (Å²) >= 11 is 0. The SMILES string of the molecule is CC(O)(CN1CCCC1CC(=O)O)c1ccccc1. The van der Waals surface area contributed by atoms with Gasteiger partial charge >= 0.3 is 5.97 Å². The Labute approximate surface area is 113 Å². The fourth-order valence-corrected chi connectivity index (χ4v) is 2.82. The Morgan fingerprint density at radius 1 is 1.42 bits per heavy atom. The zero-order chi connectivity index (χ0) is 13.9. The molecule has 19 heavy (non-hydrogen) atoms. The third-order valence-corrected chi connectivity index (χ3v) is 3.82. The minimum absolute atomic E-state index is 0.0488. The Bertz CT molecular complexity index is 430. The van der Waals surface area contributed by atoms with Crippen LogP contribution in [0.4, 0.5) is 0 Å². The summed E-state index contributed by atoms with van der Waals surface area (Å²) in [4.78, 5) is 12.9. The molecule has 2 N–H and O–H groups in total. The Morgan fingerprint density at radius 2 is 2.11 bits per heavy atom. The third-order valence-electron chi connectivity index (χ3n) is 3.82. The largest absolute Gasteiger partial charge is 0.481 e. The highest BCUT2D eigenvalue weighted by atomic mass is 16.4. The van der Waals surface area contributed by atoms with E-state index in [0.29, 0.717) is 6.54 Å². The number of aliphatic carboxylic acids is 1. The average Bonchev–Trinajstić information content (AvgIpc) is 2.76. The van der Waals surface area contributed by atoms with Crippen LogP contribution in [0.2, 0.25) is 0 Å². The third kappa shape index (κ3) is 3.55. The number of aliphatic hydroxyl groups is 1. The molecule has 1 saturated heterocycles. The molecule has 2 unspecified atom stereocenters. The molecule has 4 heteroatoms. The number of benzene rings is 1. The topological polar surface area (TPSA) is 60.8 Å². The van der Waals surface area contributed by atoms with Crippen LogP contribution in [0, 0.1) is 0 Å². The quantitative estimate of drug-likeness (QED) is 0.851. The summed E-state index contributed by atoms with van der Waals surface area (Å²) in [5, 5.41) is 19.5. The van der Waals surface area contributed by atoms with Crippen LogP contribution < -0.4 is 0 Å². The van der Waals surface area contributed by atoms with E-state index in [-0.39, 0.29) is 12.5 Å². The number of hydrogen-bond acceptors (Lipinski definition) is 3. The molecule has 0 radical (unpaired) electrons. The first-order chi connectivity index (χ1) is 8.99. The summed E-state index contributed by atoms with van der Waals surface area (Å²) in [6.07, 6.45) is 2.06. The van der Waals surface area contributed by atoms with Crippen molar-refractivity contribution in [1.82, 2.24) is 4.90 Å². The number of carboxylic acid groups (broad SMARTS) is 1. The van der Waals surface area contributed by atoms with Crippen LogP contribution in [0.15, 0.2) is 30.3 Å². The molecule has 1 aromatic carbocycles. The first-order valence-electron chi connectivity index (χ1n) is 6.73. The summed E-state index contributed by atoms with van der Waals surface area (Å²) in [5.74, 6) is -0.767.